The van der Waals surface area contributed by atoms with Crippen LogP contribution < -0.4 is 15.0 Å². The topological polar surface area (TPSA) is 56.2 Å². The first-order valence-electron chi connectivity index (χ1n) is 9.59. The number of aromatic amines is 1. The minimum Gasteiger partial charge on any atom is -0.493 e. The minimum atomic E-state index is -0.0511. The summed E-state index contributed by atoms with van der Waals surface area (Å²) in [7, 11) is 3.22. The summed E-state index contributed by atoms with van der Waals surface area (Å²) in [6.07, 6.45) is 1.45. The van der Waals surface area contributed by atoms with Crippen molar-refractivity contribution in [2.24, 2.45) is 0 Å². The van der Waals surface area contributed by atoms with Gasteiger partial charge in [0, 0.05) is 17.8 Å². The second-order valence-electron chi connectivity index (χ2n) is 6.94. The zero-order valence-electron chi connectivity index (χ0n) is 16.8. The fourth-order valence-corrected chi connectivity index (χ4v) is 4.88. The highest BCUT2D eigenvalue weighted by atomic mass is 32.1. The summed E-state index contributed by atoms with van der Waals surface area (Å²) in [4.78, 5) is 18.3. The van der Waals surface area contributed by atoms with E-state index in [2.05, 4.69) is 17.1 Å². The number of methoxy groups -OCH3 is 2. The minimum absolute atomic E-state index is 0.0511. The van der Waals surface area contributed by atoms with Crippen molar-refractivity contribution in [3.05, 3.63) is 85.7 Å². The van der Waals surface area contributed by atoms with Crippen LogP contribution in [0.2, 0.25) is 0 Å². The van der Waals surface area contributed by atoms with Gasteiger partial charge in [-0.2, -0.15) is 0 Å². The third-order valence-electron chi connectivity index (χ3n) is 5.02. The van der Waals surface area contributed by atoms with E-state index in [1.54, 1.807) is 30.1 Å². The molecule has 0 saturated heterocycles. The van der Waals surface area contributed by atoms with Gasteiger partial charge in [-0.05, 0) is 48.0 Å². The van der Waals surface area contributed by atoms with Crippen molar-refractivity contribution in [2.45, 2.75) is 19.4 Å². The normalized spacial score (nSPS) is 11.0. The van der Waals surface area contributed by atoms with Gasteiger partial charge in [0.15, 0.2) is 16.3 Å². The summed E-state index contributed by atoms with van der Waals surface area (Å²) in [5, 5.41) is 0.687. The van der Waals surface area contributed by atoms with Gasteiger partial charge in [0.2, 0.25) is 0 Å². The lowest BCUT2D eigenvalue weighted by Crippen LogP contribution is -2.22. The number of thiophene rings is 1. The molecule has 0 aliphatic heterocycles. The molecule has 1 N–H and O–H groups in total. The van der Waals surface area contributed by atoms with Gasteiger partial charge in [0.05, 0.1) is 19.6 Å². The molecule has 4 aromatic rings. The predicted molar refractivity (Wildman–Crippen MR) is 124 cm³/mol. The molecule has 0 aliphatic rings. The maximum Gasteiger partial charge on any atom is 0.263 e. The lowest BCUT2D eigenvalue weighted by molar-refractivity contribution is 0.354. The number of rotatable bonds is 7. The molecular formula is C23H22N2O3S2. The monoisotopic (exact) mass is 438 g/mol. The van der Waals surface area contributed by atoms with Crippen molar-refractivity contribution >= 4 is 33.8 Å². The van der Waals surface area contributed by atoms with Crippen LogP contribution in [0, 0.1) is 4.77 Å². The highest BCUT2D eigenvalue weighted by Crippen LogP contribution is 2.28. The molecule has 0 amide bonds. The van der Waals surface area contributed by atoms with Gasteiger partial charge < -0.3 is 14.5 Å². The Morgan fingerprint density at radius 3 is 2.50 bits per heavy atom. The lowest BCUT2D eigenvalue weighted by Gasteiger charge is -2.10. The van der Waals surface area contributed by atoms with Crippen molar-refractivity contribution in [3.63, 3.8) is 0 Å². The Balaban J connectivity index is 1.60. The van der Waals surface area contributed by atoms with Crippen LogP contribution in [0.1, 0.15) is 16.0 Å². The van der Waals surface area contributed by atoms with Crippen LogP contribution >= 0.6 is 23.6 Å². The molecule has 0 saturated carbocycles. The molecule has 0 atom stereocenters. The van der Waals surface area contributed by atoms with Gasteiger partial charge >= 0.3 is 0 Å². The maximum atomic E-state index is 13.1. The van der Waals surface area contributed by atoms with Crippen LogP contribution in [0.3, 0.4) is 0 Å². The zero-order valence-corrected chi connectivity index (χ0v) is 18.4. The van der Waals surface area contributed by atoms with Crippen LogP contribution in [0.25, 0.3) is 10.2 Å². The number of nitrogens with one attached hydrogen (secondary N) is 1. The average molecular weight is 439 g/mol. The highest BCUT2D eigenvalue weighted by Gasteiger charge is 2.11. The van der Waals surface area contributed by atoms with Gasteiger partial charge in [-0.1, -0.05) is 36.4 Å². The molecule has 5 nitrogen and oxygen atoms in total. The van der Waals surface area contributed by atoms with Gasteiger partial charge in [-0.15, -0.1) is 11.3 Å². The van der Waals surface area contributed by atoms with Crippen molar-refractivity contribution in [2.75, 3.05) is 14.2 Å². The number of H-pyrrole nitrogens is 1. The van der Waals surface area contributed by atoms with E-state index in [4.69, 9.17) is 21.7 Å². The number of benzene rings is 2. The largest absolute Gasteiger partial charge is 0.493 e. The maximum absolute atomic E-state index is 13.1. The Labute approximate surface area is 183 Å². The number of nitrogens with zero attached hydrogens (tertiary/aromatic N) is 1. The molecule has 0 bridgehead atoms. The van der Waals surface area contributed by atoms with E-state index in [0.717, 1.165) is 21.7 Å². The standard InChI is InChI=1S/C23H22N2O3S2/c1-27-19-9-8-16(13-20(19)28-2)10-11-25-22(26)18-14-17(30-21(18)24-23(25)29)12-15-6-4-3-5-7-15/h3-9,13-14H,10-12H2,1-2H3,(H,24,29). The second-order valence-corrected chi connectivity index (χ2v) is 8.47. The molecule has 0 radical (unpaired) electrons. The number of hydrogen-bond donors (Lipinski definition) is 1. The van der Waals surface area contributed by atoms with E-state index in [1.807, 2.05) is 42.5 Å². The van der Waals surface area contributed by atoms with E-state index in [1.165, 1.54) is 5.56 Å². The Kier molecular flexibility index (Phi) is 6.01. The second kappa shape index (κ2) is 8.85. The molecule has 2 heterocycles. The van der Waals surface area contributed by atoms with Crippen LogP contribution in [0.5, 0.6) is 11.5 Å². The summed E-state index contributed by atoms with van der Waals surface area (Å²) in [5.41, 5.74) is 2.21. The summed E-state index contributed by atoms with van der Waals surface area (Å²) in [6, 6.07) is 18.0. The van der Waals surface area contributed by atoms with Gasteiger partial charge in [0.1, 0.15) is 4.83 Å². The average Bonchev–Trinajstić information content (AvgIpc) is 3.16. The molecule has 30 heavy (non-hydrogen) atoms. The number of aromatic nitrogens is 2. The first-order valence-corrected chi connectivity index (χ1v) is 10.8. The number of hydrogen-bond acceptors (Lipinski definition) is 5. The SMILES string of the molecule is COc1ccc(CCn2c(=S)[nH]c3sc(Cc4ccccc4)cc3c2=O)cc1OC. The lowest BCUT2D eigenvalue weighted by atomic mass is 10.1. The molecular weight excluding hydrogens is 416 g/mol. The summed E-state index contributed by atoms with van der Waals surface area (Å²) >= 11 is 7.07. The van der Waals surface area contributed by atoms with Crippen molar-refractivity contribution in [1.82, 2.24) is 9.55 Å². The highest BCUT2D eigenvalue weighted by molar-refractivity contribution is 7.71. The number of ether oxygens (including phenoxy) is 2. The molecule has 2 aromatic carbocycles. The van der Waals surface area contributed by atoms with Crippen molar-refractivity contribution < 1.29 is 9.47 Å². The van der Waals surface area contributed by atoms with Crippen molar-refractivity contribution in [1.29, 1.82) is 0 Å². The Morgan fingerprint density at radius 1 is 1.00 bits per heavy atom. The van der Waals surface area contributed by atoms with Crippen molar-refractivity contribution in [3.8, 4) is 11.5 Å². The fourth-order valence-electron chi connectivity index (χ4n) is 3.46. The number of aryl methyl sites for hydroxylation is 1. The van der Waals surface area contributed by atoms with Gasteiger partial charge in [-0.25, -0.2) is 0 Å². The van der Waals surface area contributed by atoms with E-state index >= 15 is 0 Å². The Hall–Kier alpha value is -2.90. The van der Waals surface area contributed by atoms with E-state index < -0.39 is 0 Å². The zero-order chi connectivity index (χ0) is 21.1. The van der Waals surface area contributed by atoms with Crippen LogP contribution in [0.4, 0.5) is 0 Å². The van der Waals surface area contributed by atoms with E-state index in [9.17, 15) is 4.79 Å². The van der Waals surface area contributed by atoms with Gasteiger partial charge in [0.25, 0.3) is 5.56 Å². The Morgan fingerprint density at radius 2 is 1.77 bits per heavy atom. The van der Waals surface area contributed by atoms with Crippen LogP contribution in [-0.2, 0) is 19.4 Å². The first kappa shape index (κ1) is 20.4. The van der Waals surface area contributed by atoms with Gasteiger partial charge in [-0.3, -0.25) is 9.36 Å². The van der Waals surface area contributed by atoms with Crippen LogP contribution in [0.15, 0.2) is 59.4 Å². The molecule has 2 aromatic heterocycles. The summed E-state index contributed by atoms with van der Waals surface area (Å²) < 4.78 is 12.7. The molecule has 0 unspecified atom stereocenters. The third-order valence-corrected chi connectivity index (χ3v) is 6.39. The third kappa shape index (κ3) is 4.17. The number of fused-ring (bicyclic) bond motifs is 1. The van der Waals surface area contributed by atoms with E-state index in [0.29, 0.717) is 34.6 Å². The first-order chi connectivity index (χ1) is 14.6. The fraction of sp³-hybridized carbons (Fsp3) is 0.217. The van der Waals surface area contributed by atoms with E-state index in [-0.39, 0.29) is 5.56 Å². The molecule has 7 heteroatoms. The molecule has 154 valence electrons. The predicted octanol–water partition coefficient (Wildman–Crippen LogP) is 4.97. The summed E-state index contributed by atoms with van der Waals surface area (Å²) in [6.45, 7) is 0.490. The molecule has 4 rings (SSSR count). The molecule has 0 fully saturated rings. The molecule has 0 spiro atoms. The van der Waals surface area contributed by atoms with Crippen LogP contribution in [-0.4, -0.2) is 23.8 Å². The smallest absolute Gasteiger partial charge is 0.263 e. The quantitative estimate of drug-likeness (QED) is 0.414. The summed E-state index contributed by atoms with van der Waals surface area (Å²) in [5.74, 6) is 1.35. The Bertz CT molecular complexity index is 1290. The molecule has 0 aliphatic carbocycles.